The number of alkyl halides is 3. The third-order valence-electron chi connectivity index (χ3n) is 2.01. The molecule has 2 aromatic rings. The van der Waals surface area contributed by atoms with E-state index in [2.05, 4.69) is 9.97 Å². The Labute approximate surface area is 86.0 Å². The molecule has 0 saturated carbocycles. The normalized spacial score (nSPS) is 14.4. The lowest BCUT2D eigenvalue weighted by Gasteiger charge is -2.00. The first kappa shape index (κ1) is 7.70. The highest BCUT2D eigenvalue weighted by Gasteiger charge is 2.32. The van der Waals surface area contributed by atoms with E-state index in [1.165, 1.54) is 12.3 Å². The molecule has 0 atom stereocenters. The molecule has 2 aromatic heterocycles. The molecule has 2 rings (SSSR count). The van der Waals surface area contributed by atoms with Crippen molar-refractivity contribution in [3.63, 3.8) is 0 Å². The molecule has 0 bridgehead atoms. The summed E-state index contributed by atoms with van der Waals surface area (Å²) in [5.74, 6) is 0. The van der Waals surface area contributed by atoms with E-state index in [0.717, 1.165) is 6.07 Å². The summed E-state index contributed by atoms with van der Waals surface area (Å²) >= 11 is 0. The van der Waals surface area contributed by atoms with Gasteiger partial charge in [-0.1, -0.05) is 0 Å². The monoisotopic (exact) mass is 217 g/mol. The second kappa shape index (κ2) is 3.23. The fraction of sp³-hybridized carbons (Fsp3) is 0.222. The highest BCUT2D eigenvalue weighted by Crippen LogP contribution is 2.30. The van der Waals surface area contributed by atoms with E-state index in [4.69, 9.17) is 2.82 Å². The lowest BCUT2D eigenvalue weighted by Crippen LogP contribution is -2.04. The smallest absolute Gasteiger partial charge is 0.336 e. The Bertz CT molecular complexity index is 536. The minimum atomic E-state index is -4.43. The number of halogens is 3. The molecule has 6 heteroatoms. The maximum absolute atomic E-state index is 12.4. The van der Waals surface area contributed by atoms with E-state index < -0.39 is 11.9 Å². The van der Waals surface area contributed by atoms with Gasteiger partial charge >= 0.3 is 6.18 Å². The number of nitrogens with zero attached hydrogens (tertiary/aromatic N) is 1. The SMILES string of the molecule is [2H]N([2H])Cc1cnc2[nH]c(C(F)(F)F)cc2c1. The zero-order chi connectivity index (χ0) is 12.6. The molecule has 2 heterocycles. The van der Waals surface area contributed by atoms with Gasteiger partial charge in [-0.25, -0.2) is 4.98 Å². The average Bonchev–Trinajstić information content (AvgIpc) is 2.58. The number of fused-ring (bicyclic) bond motifs is 1. The molecule has 3 N–H and O–H groups in total. The highest BCUT2D eigenvalue weighted by molar-refractivity contribution is 5.77. The minimum Gasteiger partial charge on any atom is -0.336 e. The third-order valence-corrected chi connectivity index (χ3v) is 2.01. The summed E-state index contributed by atoms with van der Waals surface area (Å²) in [5, 5.41) is 0.316. The Morgan fingerprint density at radius 3 is 2.93 bits per heavy atom. The van der Waals surface area contributed by atoms with Gasteiger partial charge in [0.2, 0.25) is 0 Å². The van der Waals surface area contributed by atoms with Crippen LogP contribution >= 0.6 is 0 Å². The van der Waals surface area contributed by atoms with Crippen LogP contribution in [0.3, 0.4) is 0 Å². The second-order valence-electron chi connectivity index (χ2n) is 3.12. The summed E-state index contributed by atoms with van der Waals surface area (Å²) in [7, 11) is 0. The van der Waals surface area contributed by atoms with Gasteiger partial charge in [0.05, 0.1) is 0 Å². The lowest BCUT2D eigenvalue weighted by molar-refractivity contribution is -0.140. The maximum Gasteiger partial charge on any atom is 0.431 e. The molecule has 3 nitrogen and oxygen atoms in total. The Morgan fingerprint density at radius 2 is 2.27 bits per heavy atom. The molecule has 0 saturated heterocycles. The van der Waals surface area contributed by atoms with Crippen molar-refractivity contribution < 1.29 is 16.0 Å². The Kier molecular flexibility index (Phi) is 1.66. The predicted molar refractivity (Wildman–Crippen MR) is 49.0 cm³/mol. The summed E-state index contributed by atoms with van der Waals surface area (Å²) in [6.45, 7) is -0.0184. The van der Waals surface area contributed by atoms with E-state index in [1.54, 1.807) is 0 Å². The fourth-order valence-electron chi connectivity index (χ4n) is 1.30. The summed E-state index contributed by atoms with van der Waals surface area (Å²) < 4.78 is 51.1. The molecular formula is C9H8F3N3. The van der Waals surface area contributed by atoms with Crippen molar-refractivity contribution in [1.29, 1.82) is 0 Å². The van der Waals surface area contributed by atoms with Crippen molar-refractivity contribution in [2.24, 2.45) is 5.72 Å². The molecule has 0 amide bonds. The van der Waals surface area contributed by atoms with Crippen LogP contribution in [0.4, 0.5) is 13.2 Å². The Hall–Kier alpha value is -1.56. The van der Waals surface area contributed by atoms with Crippen LogP contribution in [0.5, 0.6) is 0 Å². The number of H-pyrrole nitrogens is 1. The molecule has 80 valence electrons. The molecule has 0 aliphatic heterocycles. The van der Waals surface area contributed by atoms with Gasteiger partial charge in [0.15, 0.2) is 0 Å². The third kappa shape index (κ3) is 1.80. The van der Waals surface area contributed by atoms with Gasteiger partial charge in [0, 0.05) is 18.1 Å². The van der Waals surface area contributed by atoms with Crippen molar-refractivity contribution >= 4 is 11.0 Å². The molecule has 0 aliphatic rings. The summed E-state index contributed by atoms with van der Waals surface area (Å²) in [5.41, 5.74) is 0.226. The van der Waals surface area contributed by atoms with Crippen LogP contribution in [0.2, 0.25) is 2.82 Å². The summed E-state index contributed by atoms with van der Waals surface area (Å²) in [6, 6.07) is 2.44. The van der Waals surface area contributed by atoms with Gasteiger partial charge < -0.3 is 10.7 Å². The largest absolute Gasteiger partial charge is 0.431 e. The number of aromatic nitrogens is 2. The molecule has 0 aromatic carbocycles. The molecule has 0 aliphatic carbocycles. The Morgan fingerprint density at radius 1 is 1.47 bits per heavy atom. The van der Waals surface area contributed by atoms with Gasteiger partial charge in [-0.2, -0.15) is 13.2 Å². The van der Waals surface area contributed by atoms with Crippen molar-refractivity contribution in [3.8, 4) is 0 Å². The zero-order valence-electron chi connectivity index (χ0n) is 9.47. The fourth-order valence-corrected chi connectivity index (χ4v) is 1.30. The van der Waals surface area contributed by atoms with E-state index >= 15 is 0 Å². The van der Waals surface area contributed by atoms with Gasteiger partial charge in [-0.05, 0) is 17.7 Å². The van der Waals surface area contributed by atoms with Crippen molar-refractivity contribution in [3.05, 3.63) is 29.6 Å². The van der Waals surface area contributed by atoms with Crippen molar-refractivity contribution in [1.82, 2.24) is 9.97 Å². The quantitative estimate of drug-likeness (QED) is 0.808. The number of nitrogens with one attached hydrogen (secondary N) is 1. The first-order valence-electron chi connectivity index (χ1n) is 5.06. The average molecular weight is 217 g/mol. The molecule has 0 spiro atoms. The topological polar surface area (TPSA) is 54.7 Å². The van der Waals surface area contributed by atoms with Crippen LogP contribution in [0, 0.1) is 0 Å². The van der Waals surface area contributed by atoms with Crippen LogP contribution in [0.15, 0.2) is 18.3 Å². The van der Waals surface area contributed by atoms with E-state index in [9.17, 15) is 13.2 Å². The number of hydrogen-bond donors (Lipinski definition) is 2. The summed E-state index contributed by atoms with van der Waals surface area (Å²) in [4.78, 5) is 5.99. The molecule has 0 fully saturated rings. The standard InChI is InChI=1S/C9H8F3N3/c10-9(11,12)7-2-6-1-5(3-13)4-14-8(6)15-7/h1-2,4H,3,13H2,(H,14,15)/i/hD2. The minimum absolute atomic E-state index is 0.0184. The molecule has 0 unspecified atom stereocenters. The maximum atomic E-state index is 12.4. The summed E-state index contributed by atoms with van der Waals surface area (Å²) in [6.07, 6.45) is -3.09. The predicted octanol–water partition coefficient (Wildman–Crippen LogP) is 2.04. The number of pyridine rings is 1. The van der Waals surface area contributed by atoms with E-state index in [1.807, 2.05) is 0 Å². The number of nitrogens with two attached hydrogens (primary N) is 1. The van der Waals surface area contributed by atoms with Crippen molar-refractivity contribution in [2.75, 3.05) is 0 Å². The van der Waals surface area contributed by atoms with E-state index in [0.29, 0.717) is 16.7 Å². The second-order valence-corrected chi connectivity index (χ2v) is 3.12. The van der Waals surface area contributed by atoms with Gasteiger partial charge in [-0.3, -0.25) is 0 Å². The number of aromatic amines is 1. The van der Waals surface area contributed by atoms with Crippen molar-refractivity contribution in [2.45, 2.75) is 12.7 Å². The van der Waals surface area contributed by atoms with E-state index in [-0.39, 0.29) is 12.2 Å². The zero-order valence-corrected chi connectivity index (χ0v) is 7.47. The lowest BCUT2D eigenvalue weighted by atomic mass is 10.2. The van der Waals surface area contributed by atoms with Crippen LogP contribution in [-0.2, 0) is 12.7 Å². The first-order valence-corrected chi connectivity index (χ1v) is 4.16. The van der Waals surface area contributed by atoms with Crippen LogP contribution in [0.1, 0.15) is 11.3 Å². The number of rotatable bonds is 2. The molecule has 0 radical (unpaired) electrons. The van der Waals surface area contributed by atoms with Gasteiger partial charge in [-0.15, -0.1) is 0 Å². The molecular weight excluding hydrogens is 207 g/mol. The van der Waals surface area contributed by atoms with Gasteiger partial charge in [0.1, 0.15) is 14.2 Å². The van der Waals surface area contributed by atoms with Gasteiger partial charge in [0.25, 0.3) is 0 Å². The number of hydrogen-bond acceptors (Lipinski definition) is 2. The Balaban J connectivity index is 2.41. The van der Waals surface area contributed by atoms with Crippen LogP contribution in [-0.4, -0.2) is 9.97 Å². The highest BCUT2D eigenvalue weighted by atomic mass is 19.4. The molecule has 15 heavy (non-hydrogen) atoms. The van der Waals surface area contributed by atoms with Crippen LogP contribution < -0.4 is 5.72 Å². The van der Waals surface area contributed by atoms with Crippen LogP contribution in [0.25, 0.3) is 11.0 Å². The first-order chi connectivity index (χ1) is 7.86.